The number of ether oxygens (including phenoxy) is 1. The fourth-order valence-corrected chi connectivity index (χ4v) is 2.05. The molecule has 0 radical (unpaired) electrons. The van der Waals surface area contributed by atoms with Crippen LogP contribution in [0.4, 0.5) is 0 Å². The Morgan fingerprint density at radius 3 is 1.90 bits per heavy atom. The van der Waals surface area contributed by atoms with Gasteiger partial charge in [0.2, 0.25) is 5.54 Å². The summed E-state index contributed by atoms with van der Waals surface area (Å²) in [7, 11) is 0. The molecule has 0 bridgehead atoms. The van der Waals surface area contributed by atoms with Gasteiger partial charge in [-0.1, -0.05) is 44.2 Å². The van der Waals surface area contributed by atoms with Crippen LogP contribution in [-0.4, -0.2) is 28.2 Å². The average molecular weight is 293 g/mol. The number of esters is 1. The van der Waals surface area contributed by atoms with Crippen LogP contribution in [0, 0.1) is 0 Å². The van der Waals surface area contributed by atoms with E-state index in [0.717, 1.165) is 0 Å². The maximum atomic E-state index is 12.4. The van der Waals surface area contributed by atoms with Crippen LogP contribution in [-0.2, 0) is 19.7 Å². The molecule has 0 unspecified atom stereocenters. The van der Waals surface area contributed by atoms with E-state index in [9.17, 15) is 14.7 Å². The minimum absolute atomic E-state index is 0.653. The van der Waals surface area contributed by atoms with E-state index < -0.39 is 28.5 Å². The Hall–Kier alpha value is -1.88. The number of hydrogen-bond donors (Lipinski definition) is 2. The molecular formula is C16H23NO4. The largest absolute Gasteiger partial charge is 0.479 e. The van der Waals surface area contributed by atoms with Crippen molar-refractivity contribution >= 4 is 11.9 Å². The minimum Gasteiger partial charge on any atom is -0.479 e. The van der Waals surface area contributed by atoms with Gasteiger partial charge in [0.25, 0.3) is 0 Å². The summed E-state index contributed by atoms with van der Waals surface area (Å²) in [6, 6.07) is 8.85. The number of carboxylic acids is 1. The molecule has 0 aliphatic heterocycles. The second-order valence-electron chi connectivity index (χ2n) is 6.61. The van der Waals surface area contributed by atoms with Crippen molar-refractivity contribution in [3.05, 3.63) is 35.9 Å². The van der Waals surface area contributed by atoms with Crippen molar-refractivity contribution in [3.63, 3.8) is 0 Å². The average Bonchev–Trinajstić information content (AvgIpc) is 2.36. The molecule has 116 valence electrons. The van der Waals surface area contributed by atoms with E-state index in [4.69, 9.17) is 10.5 Å². The number of aliphatic carboxylic acids is 1. The highest BCUT2D eigenvalue weighted by atomic mass is 16.6. The first-order valence-corrected chi connectivity index (χ1v) is 6.74. The fourth-order valence-electron chi connectivity index (χ4n) is 2.05. The first-order chi connectivity index (χ1) is 9.43. The summed E-state index contributed by atoms with van der Waals surface area (Å²) in [5.41, 5.74) is 2.55. The topological polar surface area (TPSA) is 89.6 Å². The summed E-state index contributed by atoms with van der Waals surface area (Å²) in [6.45, 7) is 8.26. The highest BCUT2D eigenvalue weighted by Gasteiger charge is 2.57. The lowest BCUT2D eigenvalue weighted by Gasteiger charge is -2.40. The molecule has 0 saturated carbocycles. The molecule has 0 heterocycles. The molecule has 1 aromatic rings. The lowest BCUT2D eigenvalue weighted by molar-refractivity contribution is -0.172. The SMILES string of the molecule is CC(C)(C)OC(=O)[C@@](N)(C(=O)O)C(C)(C)c1ccccc1. The van der Waals surface area contributed by atoms with E-state index >= 15 is 0 Å². The molecule has 1 rings (SSSR count). The van der Waals surface area contributed by atoms with Gasteiger partial charge >= 0.3 is 11.9 Å². The van der Waals surface area contributed by atoms with Crippen LogP contribution in [0.2, 0.25) is 0 Å². The van der Waals surface area contributed by atoms with E-state index in [1.165, 1.54) is 0 Å². The Bertz CT molecular complexity index is 531. The van der Waals surface area contributed by atoms with Gasteiger partial charge in [0, 0.05) is 5.41 Å². The van der Waals surface area contributed by atoms with Crippen molar-refractivity contribution < 1.29 is 19.4 Å². The van der Waals surface area contributed by atoms with Crippen LogP contribution < -0.4 is 5.73 Å². The molecule has 0 aliphatic carbocycles. The molecule has 5 nitrogen and oxygen atoms in total. The quantitative estimate of drug-likeness (QED) is 0.655. The van der Waals surface area contributed by atoms with Gasteiger partial charge in [0.05, 0.1) is 0 Å². The van der Waals surface area contributed by atoms with Crippen LogP contribution in [0.5, 0.6) is 0 Å². The number of benzene rings is 1. The standard InChI is InChI=1S/C16H23NO4/c1-14(2,3)21-13(20)16(17,12(18)19)15(4,5)11-9-7-6-8-10-11/h6-10H,17H2,1-5H3,(H,18,19)/t16-/m0/s1. The highest BCUT2D eigenvalue weighted by molar-refractivity contribution is 6.06. The predicted octanol–water partition coefficient (Wildman–Crippen LogP) is 2.09. The van der Waals surface area contributed by atoms with Crippen LogP contribution in [0.15, 0.2) is 30.3 Å². The molecule has 3 N–H and O–H groups in total. The number of carbonyl (C=O) groups is 2. The Balaban J connectivity index is 3.34. The molecule has 0 aliphatic rings. The number of hydrogen-bond acceptors (Lipinski definition) is 4. The lowest BCUT2D eigenvalue weighted by atomic mass is 9.68. The van der Waals surface area contributed by atoms with E-state index in [0.29, 0.717) is 5.56 Å². The predicted molar refractivity (Wildman–Crippen MR) is 79.9 cm³/mol. The fraction of sp³-hybridized carbons (Fsp3) is 0.500. The number of carboxylic acid groups (broad SMARTS) is 1. The second kappa shape index (κ2) is 5.48. The third kappa shape index (κ3) is 3.24. The van der Waals surface area contributed by atoms with Crippen molar-refractivity contribution in [1.29, 1.82) is 0 Å². The van der Waals surface area contributed by atoms with Crippen molar-refractivity contribution in [1.82, 2.24) is 0 Å². The van der Waals surface area contributed by atoms with Gasteiger partial charge in [0.1, 0.15) is 5.60 Å². The molecule has 0 spiro atoms. The van der Waals surface area contributed by atoms with Gasteiger partial charge in [-0.3, -0.25) is 0 Å². The van der Waals surface area contributed by atoms with Gasteiger partial charge in [-0.2, -0.15) is 0 Å². The zero-order chi connectivity index (χ0) is 16.5. The molecule has 0 fully saturated rings. The minimum atomic E-state index is -2.18. The van der Waals surface area contributed by atoms with E-state index in [1.54, 1.807) is 58.9 Å². The van der Waals surface area contributed by atoms with Crippen molar-refractivity contribution in [2.45, 2.75) is 51.2 Å². The third-order valence-electron chi connectivity index (χ3n) is 3.54. The van der Waals surface area contributed by atoms with Crippen molar-refractivity contribution in [2.24, 2.45) is 5.73 Å². The molecular weight excluding hydrogens is 270 g/mol. The van der Waals surface area contributed by atoms with E-state index in [1.807, 2.05) is 6.07 Å². The maximum Gasteiger partial charge on any atom is 0.339 e. The third-order valence-corrected chi connectivity index (χ3v) is 3.54. The molecule has 0 saturated heterocycles. The van der Waals surface area contributed by atoms with Gasteiger partial charge in [-0.25, -0.2) is 9.59 Å². The summed E-state index contributed by atoms with van der Waals surface area (Å²) in [4.78, 5) is 24.2. The van der Waals surface area contributed by atoms with Crippen LogP contribution in [0.1, 0.15) is 40.2 Å². The zero-order valence-electron chi connectivity index (χ0n) is 13.1. The second-order valence-corrected chi connectivity index (χ2v) is 6.61. The monoisotopic (exact) mass is 293 g/mol. The van der Waals surface area contributed by atoms with E-state index in [-0.39, 0.29) is 0 Å². The Morgan fingerprint density at radius 2 is 1.52 bits per heavy atom. The highest BCUT2D eigenvalue weighted by Crippen LogP contribution is 2.35. The Labute approximate surface area is 125 Å². The normalized spacial score (nSPS) is 15.1. The summed E-state index contributed by atoms with van der Waals surface area (Å²) >= 11 is 0. The van der Waals surface area contributed by atoms with Gasteiger partial charge in [0.15, 0.2) is 0 Å². The Morgan fingerprint density at radius 1 is 1.05 bits per heavy atom. The lowest BCUT2D eigenvalue weighted by Crippen LogP contribution is -2.67. The van der Waals surface area contributed by atoms with Crippen LogP contribution in [0.3, 0.4) is 0 Å². The van der Waals surface area contributed by atoms with Crippen LogP contribution >= 0.6 is 0 Å². The molecule has 0 aromatic heterocycles. The molecule has 0 amide bonds. The number of rotatable bonds is 4. The number of carbonyl (C=O) groups excluding carboxylic acids is 1. The van der Waals surface area contributed by atoms with Gasteiger partial charge < -0.3 is 15.6 Å². The summed E-state index contributed by atoms with van der Waals surface area (Å²) in [5, 5.41) is 9.57. The molecule has 21 heavy (non-hydrogen) atoms. The molecule has 5 heteroatoms. The number of nitrogens with two attached hydrogens (primary N) is 1. The Kier molecular flexibility index (Phi) is 4.48. The van der Waals surface area contributed by atoms with Gasteiger partial charge in [-0.15, -0.1) is 0 Å². The smallest absolute Gasteiger partial charge is 0.339 e. The summed E-state index contributed by atoms with van der Waals surface area (Å²) < 4.78 is 5.23. The zero-order valence-corrected chi connectivity index (χ0v) is 13.1. The van der Waals surface area contributed by atoms with E-state index in [2.05, 4.69) is 0 Å². The maximum absolute atomic E-state index is 12.4. The molecule has 1 aromatic carbocycles. The van der Waals surface area contributed by atoms with Crippen molar-refractivity contribution in [2.75, 3.05) is 0 Å². The first-order valence-electron chi connectivity index (χ1n) is 6.74. The van der Waals surface area contributed by atoms with Crippen molar-refractivity contribution in [3.8, 4) is 0 Å². The van der Waals surface area contributed by atoms with Crippen LogP contribution in [0.25, 0.3) is 0 Å². The summed E-state index contributed by atoms with van der Waals surface area (Å²) in [5.74, 6) is -2.36. The first kappa shape index (κ1) is 17.2. The molecule has 1 atom stereocenters. The summed E-state index contributed by atoms with van der Waals surface area (Å²) in [6.07, 6.45) is 0. The van der Waals surface area contributed by atoms with Gasteiger partial charge in [-0.05, 0) is 26.3 Å².